The fourth-order valence-corrected chi connectivity index (χ4v) is 2.83. The number of thiazole rings is 1. The number of hydrogen-bond donors (Lipinski definition) is 0. The van der Waals surface area contributed by atoms with Crippen molar-refractivity contribution in [2.45, 2.75) is 13.5 Å². The van der Waals surface area contributed by atoms with Crippen molar-refractivity contribution in [1.29, 1.82) is 0 Å². The minimum atomic E-state index is -0.213. The number of halogens is 2. The maximum Gasteiger partial charge on any atom is 0.169 e. The van der Waals surface area contributed by atoms with Crippen LogP contribution in [0.3, 0.4) is 0 Å². The van der Waals surface area contributed by atoms with Gasteiger partial charge in [0.2, 0.25) is 0 Å². The first-order valence-electron chi connectivity index (χ1n) is 5.82. The van der Waals surface area contributed by atoms with E-state index in [0.717, 1.165) is 27.3 Å². The molecule has 0 spiro atoms. The Balaban J connectivity index is 0.00000133. The summed E-state index contributed by atoms with van der Waals surface area (Å²) in [6.45, 7) is 3.05. The summed E-state index contributed by atoms with van der Waals surface area (Å²) in [6.07, 6.45) is 4.06. The second-order valence-electron chi connectivity index (χ2n) is 4.05. The quantitative estimate of drug-likeness (QED) is 0.461. The van der Waals surface area contributed by atoms with E-state index in [1.54, 1.807) is 6.07 Å². The van der Waals surface area contributed by atoms with Crippen molar-refractivity contribution >= 4 is 21.6 Å². The number of rotatable bonds is 2. The topological polar surface area (TPSA) is 16.8 Å². The Kier molecular flexibility index (Phi) is 4.46. The molecule has 0 radical (unpaired) electrons. The lowest BCUT2D eigenvalue weighted by atomic mass is 10.3. The number of fused-ring (bicyclic) bond motifs is 1. The van der Waals surface area contributed by atoms with E-state index in [0.29, 0.717) is 0 Å². The van der Waals surface area contributed by atoms with Gasteiger partial charge in [0, 0.05) is 17.7 Å². The highest BCUT2D eigenvalue weighted by molar-refractivity contribution is 7.21. The van der Waals surface area contributed by atoms with Gasteiger partial charge in [0.15, 0.2) is 12.4 Å². The molecule has 2 aromatic heterocycles. The molecular formula is C14H12FIN2S. The van der Waals surface area contributed by atoms with Crippen molar-refractivity contribution < 1.29 is 32.9 Å². The highest BCUT2D eigenvalue weighted by atomic mass is 127. The average Bonchev–Trinajstić information content (AvgIpc) is 2.81. The van der Waals surface area contributed by atoms with Crippen LogP contribution in [0.25, 0.3) is 20.8 Å². The van der Waals surface area contributed by atoms with E-state index in [-0.39, 0.29) is 29.8 Å². The summed E-state index contributed by atoms with van der Waals surface area (Å²) >= 11 is 1.52. The summed E-state index contributed by atoms with van der Waals surface area (Å²) in [7, 11) is 0. The Morgan fingerprint density at radius 3 is 2.63 bits per heavy atom. The zero-order valence-electron chi connectivity index (χ0n) is 10.3. The Morgan fingerprint density at radius 2 is 1.95 bits per heavy atom. The molecule has 98 valence electrons. The molecule has 0 fully saturated rings. The molecule has 0 bridgehead atoms. The zero-order valence-corrected chi connectivity index (χ0v) is 13.3. The molecular weight excluding hydrogens is 374 g/mol. The van der Waals surface area contributed by atoms with E-state index in [1.165, 1.54) is 23.5 Å². The number of nitrogens with zero attached hydrogens (tertiary/aromatic N) is 2. The molecule has 0 aliphatic rings. The SMILES string of the molecule is CC[n+]1ccc(-c2nc3ccc(F)cc3s2)cc1.[I-]. The van der Waals surface area contributed by atoms with Crippen LogP contribution in [0.15, 0.2) is 42.7 Å². The van der Waals surface area contributed by atoms with E-state index in [4.69, 9.17) is 0 Å². The van der Waals surface area contributed by atoms with E-state index in [1.807, 2.05) is 24.5 Å². The van der Waals surface area contributed by atoms with Crippen LogP contribution in [-0.4, -0.2) is 4.98 Å². The van der Waals surface area contributed by atoms with Crippen LogP contribution in [0.1, 0.15) is 6.92 Å². The lowest BCUT2D eigenvalue weighted by Crippen LogP contribution is -3.00. The van der Waals surface area contributed by atoms with Gasteiger partial charge in [-0.25, -0.2) is 13.9 Å². The lowest BCUT2D eigenvalue weighted by molar-refractivity contribution is -0.693. The molecule has 0 saturated carbocycles. The molecule has 0 N–H and O–H groups in total. The fraction of sp³-hybridized carbons (Fsp3) is 0.143. The minimum absolute atomic E-state index is 0. The third-order valence-electron chi connectivity index (χ3n) is 2.85. The molecule has 0 atom stereocenters. The standard InChI is InChI=1S/C14H12FN2S.HI/c1-2-17-7-5-10(6-8-17)14-16-12-4-3-11(15)9-13(12)18-14;/h3-9H,2H2,1H3;1H/q+1;/p-1. The van der Waals surface area contributed by atoms with Crippen LogP contribution in [0.4, 0.5) is 4.39 Å². The monoisotopic (exact) mass is 386 g/mol. The molecule has 0 unspecified atom stereocenters. The Labute approximate surface area is 131 Å². The van der Waals surface area contributed by atoms with Crippen LogP contribution in [0, 0.1) is 5.82 Å². The summed E-state index contributed by atoms with van der Waals surface area (Å²) < 4.78 is 16.1. The van der Waals surface area contributed by atoms with Gasteiger partial charge in [-0.1, -0.05) is 0 Å². The first-order chi connectivity index (χ1) is 8.76. The summed E-state index contributed by atoms with van der Waals surface area (Å²) in [6, 6.07) is 8.78. The van der Waals surface area contributed by atoms with Gasteiger partial charge < -0.3 is 24.0 Å². The Hall–Kier alpha value is -1.08. The van der Waals surface area contributed by atoms with Gasteiger partial charge in [-0.15, -0.1) is 11.3 Å². The van der Waals surface area contributed by atoms with Gasteiger partial charge in [-0.3, -0.25) is 0 Å². The molecule has 0 aliphatic heterocycles. The van der Waals surface area contributed by atoms with Crippen molar-refractivity contribution in [2.75, 3.05) is 0 Å². The van der Waals surface area contributed by atoms with Crippen LogP contribution >= 0.6 is 11.3 Å². The van der Waals surface area contributed by atoms with Crippen molar-refractivity contribution in [1.82, 2.24) is 4.98 Å². The molecule has 1 aromatic carbocycles. The second-order valence-corrected chi connectivity index (χ2v) is 5.08. The largest absolute Gasteiger partial charge is 1.00 e. The van der Waals surface area contributed by atoms with Crippen LogP contribution in [0.5, 0.6) is 0 Å². The molecule has 3 rings (SSSR count). The molecule has 2 heterocycles. The van der Waals surface area contributed by atoms with Crippen molar-refractivity contribution in [3.63, 3.8) is 0 Å². The molecule has 19 heavy (non-hydrogen) atoms. The van der Waals surface area contributed by atoms with Crippen molar-refractivity contribution in [3.8, 4) is 10.6 Å². The first kappa shape index (κ1) is 14.3. The molecule has 0 saturated heterocycles. The Morgan fingerprint density at radius 1 is 1.21 bits per heavy atom. The predicted octanol–water partition coefficient (Wildman–Crippen LogP) is 0.414. The van der Waals surface area contributed by atoms with E-state index < -0.39 is 0 Å². The summed E-state index contributed by atoms with van der Waals surface area (Å²) in [5, 5.41) is 0.929. The number of benzene rings is 1. The molecule has 0 amide bonds. The minimum Gasteiger partial charge on any atom is -1.00 e. The third-order valence-corrected chi connectivity index (χ3v) is 3.92. The molecule has 5 heteroatoms. The van der Waals surface area contributed by atoms with Gasteiger partial charge in [0.05, 0.1) is 10.2 Å². The van der Waals surface area contributed by atoms with E-state index >= 15 is 0 Å². The van der Waals surface area contributed by atoms with Crippen molar-refractivity contribution in [2.24, 2.45) is 0 Å². The summed E-state index contributed by atoms with van der Waals surface area (Å²) in [5.41, 5.74) is 1.92. The average molecular weight is 386 g/mol. The Bertz CT molecular complexity index is 694. The summed E-state index contributed by atoms with van der Waals surface area (Å²) in [4.78, 5) is 4.52. The van der Waals surface area contributed by atoms with Crippen LogP contribution < -0.4 is 28.5 Å². The van der Waals surface area contributed by atoms with Gasteiger partial charge in [0.25, 0.3) is 0 Å². The van der Waals surface area contributed by atoms with Crippen molar-refractivity contribution in [3.05, 3.63) is 48.5 Å². The highest BCUT2D eigenvalue weighted by Gasteiger charge is 2.08. The van der Waals surface area contributed by atoms with Gasteiger partial charge in [0.1, 0.15) is 17.4 Å². The van der Waals surface area contributed by atoms with E-state index in [2.05, 4.69) is 16.5 Å². The second kappa shape index (κ2) is 5.92. The first-order valence-corrected chi connectivity index (χ1v) is 6.63. The van der Waals surface area contributed by atoms with Crippen LogP contribution in [0.2, 0.25) is 0 Å². The number of aromatic nitrogens is 2. The lowest BCUT2D eigenvalue weighted by Gasteiger charge is -1.94. The smallest absolute Gasteiger partial charge is 0.169 e. The third kappa shape index (κ3) is 2.92. The number of hydrogen-bond acceptors (Lipinski definition) is 2. The van der Waals surface area contributed by atoms with E-state index in [9.17, 15) is 4.39 Å². The van der Waals surface area contributed by atoms with Gasteiger partial charge in [-0.05, 0) is 25.1 Å². The maximum absolute atomic E-state index is 13.1. The summed E-state index contributed by atoms with van der Waals surface area (Å²) in [5.74, 6) is -0.213. The molecule has 3 aromatic rings. The molecule has 0 aliphatic carbocycles. The van der Waals surface area contributed by atoms with Crippen LogP contribution in [-0.2, 0) is 6.54 Å². The van der Waals surface area contributed by atoms with Gasteiger partial charge in [-0.2, -0.15) is 0 Å². The normalized spacial score (nSPS) is 10.4. The molecule has 2 nitrogen and oxygen atoms in total. The van der Waals surface area contributed by atoms with Gasteiger partial charge >= 0.3 is 0 Å². The number of aryl methyl sites for hydroxylation is 1. The highest BCUT2D eigenvalue weighted by Crippen LogP contribution is 2.29. The number of pyridine rings is 1. The fourth-order valence-electron chi connectivity index (χ4n) is 1.83. The zero-order chi connectivity index (χ0) is 12.5. The maximum atomic E-state index is 13.1. The predicted molar refractivity (Wildman–Crippen MR) is 70.9 cm³/mol.